The summed E-state index contributed by atoms with van der Waals surface area (Å²) in [6.07, 6.45) is 0. The lowest BCUT2D eigenvalue weighted by Gasteiger charge is -2.29. The molecule has 1 amide bonds. The normalized spacial score (nSPS) is 13.8. The second-order valence-electron chi connectivity index (χ2n) is 7.78. The standard InChI is InChI=1S/C24H31N3O3/c1-17(2)22-10-5-18(3)15-23(22)30-16-24(28)26-25-19(4)20-6-8-21(9-7-20)27-11-13-29-14-12-27/h5-10,15,17,25H,4,11-14,16H2,1-3H3,(H,26,28). The molecule has 0 spiro atoms. The van der Waals surface area contributed by atoms with Crippen molar-refractivity contribution in [3.8, 4) is 5.75 Å². The minimum atomic E-state index is -0.266. The summed E-state index contributed by atoms with van der Waals surface area (Å²) in [5, 5.41) is 0. The molecule has 0 bridgehead atoms. The number of morpholine rings is 1. The number of nitrogens with one attached hydrogen (secondary N) is 2. The van der Waals surface area contributed by atoms with Gasteiger partial charge in [0.2, 0.25) is 0 Å². The highest BCUT2D eigenvalue weighted by atomic mass is 16.5. The summed E-state index contributed by atoms with van der Waals surface area (Å²) in [4.78, 5) is 14.5. The molecule has 2 aromatic carbocycles. The van der Waals surface area contributed by atoms with Crippen molar-refractivity contribution in [2.24, 2.45) is 0 Å². The summed E-state index contributed by atoms with van der Waals surface area (Å²) in [6.45, 7) is 13.5. The minimum Gasteiger partial charge on any atom is -0.483 e. The molecule has 0 unspecified atom stereocenters. The van der Waals surface area contributed by atoms with Crippen LogP contribution in [0.2, 0.25) is 0 Å². The van der Waals surface area contributed by atoms with E-state index in [9.17, 15) is 4.79 Å². The van der Waals surface area contributed by atoms with Crippen LogP contribution in [0.15, 0.2) is 49.0 Å². The second kappa shape index (κ2) is 10.2. The number of hydrogen-bond acceptors (Lipinski definition) is 5. The van der Waals surface area contributed by atoms with Crippen LogP contribution in [0, 0.1) is 6.92 Å². The molecule has 0 saturated carbocycles. The molecule has 0 radical (unpaired) electrons. The van der Waals surface area contributed by atoms with E-state index in [2.05, 4.69) is 54.4 Å². The van der Waals surface area contributed by atoms with Gasteiger partial charge in [0.25, 0.3) is 5.91 Å². The largest absolute Gasteiger partial charge is 0.483 e. The number of aryl methyl sites for hydroxylation is 1. The molecule has 2 aromatic rings. The first-order valence-electron chi connectivity index (χ1n) is 10.3. The molecule has 2 N–H and O–H groups in total. The number of anilines is 1. The van der Waals surface area contributed by atoms with Gasteiger partial charge < -0.3 is 14.4 Å². The third-order valence-electron chi connectivity index (χ3n) is 5.09. The monoisotopic (exact) mass is 409 g/mol. The quantitative estimate of drug-likeness (QED) is 0.652. The van der Waals surface area contributed by atoms with Crippen LogP contribution in [-0.4, -0.2) is 38.8 Å². The Labute approximate surface area is 178 Å². The zero-order valence-electron chi connectivity index (χ0n) is 18.0. The Morgan fingerprint density at radius 2 is 1.83 bits per heavy atom. The number of rotatable bonds is 8. The Morgan fingerprint density at radius 1 is 1.13 bits per heavy atom. The van der Waals surface area contributed by atoms with E-state index >= 15 is 0 Å². The molecule has 0 aromatic heterocycles. The van der Waals surface area contributed by atoms with E-state index < -0.39 is 0 Å². The number of ether oxygens (including phenoxy) is 2. The molecule has 1 heterocycles. The fourth-order valence-corrected chi connectivity index (χ4v) is 3.34. The summed E-state index contributed by atoms with van der Waals surface area (Å²) in [5.41, 5.74) is 10.4. The van der Waals surface area contributed by atoms with Gasteiger partial charge in [-0.2, -0.15) is 0 Å². The van der Waals surface area contributed by atoms with Gasteiger partial charge in [-0.15, -0.1) is 0 Å². The maximum absolute atomic E-state index is 12.2. The Hall–Kier alpha value is -2.99. The van der Waals surface area contributed by atoms with Crippen molar-refractivity contribution in [1.29, 1.82) is 0 Å². The predicted octanol–water partition coefficient (Wildman–Crippen LogP) is 3.63. The van der Waals surface area contributed by atoms with Gasteiger partial charge in [-0.25, -0.2) is 0 Å². The molecule has 6 heteroatoms. The fourth-order valence-electron chi connectivity index (χ4n) is 3.34. The van der Waals surface area contributed by atoms with Crippen molar-refractivity contribution in [3.05, 3.63) is 65.7 Å². The number of nitrogens with zero attached hydrogens (tertiary/aromatic N) is 1. The Kier molecular flexibility index (Phi) is 7.36. The lowest BCUT2D eigenvalue weighted by Crippen LogP contribution is -2.39. The average Bonchev–Trinajstić information content (AvgIpc) is 2.76. The summed E-state index contributed by atoms with van der Waals surface area (Å²) in [5.74, 6) is 0.803. The molecule has 0 aliphatic carbocycles. The molecule has 6 nitrogen and oxygen atoms in total. The highest BCUT2D eigenvalue weighted by Gasteiger charge is 2.12. The van der Waals surface area contributed by atoms with Gasteiger partial charge in [-0.3, -0.25) is 15.6 Å². The Morgan fingerprint density at radius 3 is 2.50 bits per heavy atom. The van der Waals surface area contributed by atoms with Crippen molar-refractivity contribution in [2.75, 3.05) is 37.8 Å². The maximum Gasteiger partial charge on any atom is 0.276 e. The Bertz CT molecular complexity index is 872. The van der Waals surface area contributed by atoms with Crippen LogP contribution >= 0.6 is 0 Å². The molecule has 1 aliphatic rings. The van der Waals surface area contributed by atoms with Gasteiger partial charge in [0, 0.05) is 18.8 Å². The van der Waals surface area contributed by atoms with Crippen LogP contribution in [0.5, 0.6) is 5.75 Å². The topological polar surface area (TPSA) is 62.8 Å². The number of amides is 1. The number of benzene rings is 2. The summed E-state index contributed by atoms with van der Waals surface area (Å²) in [7, 11) is 0. The van der Waals surface area contributed by atoms with E-state index in [1.807, 2.05) is 31.2 Å². The highest BCUT2D eigenvalue weighted by molar-refractivity contribution is 5.78. The first-order valence-corrected chi connectivity index (χ1v) is 10.3. The van der Waals surface area contributed by atoms with Crippen molar-refractivity contribution in [2.45, 2.75) is 26.7 Å². The van der Waals surface area contributed by atoms with Crippen LogP contribution in [0.4, 0.5) is 5.69 Å². The number of hydrazine groups is 1. The number of carbonyl (C=O) groups is 1. The van der Waals surface area contributed by atoms with Crippen molar-refractivity contribution in [3.63, 3.8) is 0 Å². The zero-order valence-corrected chi connectivity index (χ0v) is 18.0. The van der Waals surface area contributed by atoms with Gasteiger partial charge in [0.05, 0.1) is 18.9 Å². The van der Waals surface area contributed by atoms with E-state index in [1.54, 1.807) is 0 Å². The lowest BCUT2D eigenvalue weighted by atomic mass is 10.0. The molecule has 1 saturated heterocycles. The van der Waals surface area contributed by atoms with E-state index in [0.717, 1.165) is 54.4 Å². The van der Waals surface area contributed by atoms with Crippen LogP contribution in [0.1, 0.15) is 36.5 Å². The van der Waals surface area contributed by atoms with E-state index in [-0.39, 0.29) is 12.5 Å². The molecule has 30 heavy (non-hydrogen) atoms. The van der Waals surface area contributed by atoms with E-state index in [1.165, 1.54) is 0 Å². The molecule has 1 aliphatic heterocycles. The van der Waals surface area contributed by atoms with Gasteiger partial charge >= 0.3 is 0 Å². The fraction of sp³-hybridized carbons (Fsp3) is 0.375. The average molecular weight is 410 g/mol. The minimum absolute atomic E-state index is 0.0700. The van der Waals surface area contributed by atoms with Crippen LogP contribution in [0.3, 0.4) is 0 Å². The van der Waals surface area contributed by atoms with Crippen LogP contribution in [0.25, 0.3) is 5.70 Å². The third-order valence-corrected chi connectivity index (χ3v) is 5.09. The van der Waals surface area contributed by atoms with Crippen molar-refractivity contribution in [1.82, 2.24) is 10.9 Å². The maximum atomic E-state index is 12.2. The third kappa shape index (κ3) is 5.76. The SMILES string of the molecule is C=C(NNC(=O)COc1cc(C)ccc1C(C)C)c1ccc(N2CCOCC2)cc1. The molecule has 3 rings (SSSR count). The summed E-state index contributed by atoms with van der Waals surface area (Å²) < 4.78 is 11.2. The van der Waals surface area contributed by atoms with Crippen LogP contribution in [-0.2, 0) is 9.53 Å². The van der Waals surface area contributed by atoms with Gasteiger partial charge in [-0.1, -0.05) is 44.7 Å². The molecular formula is C24H31N3O3. The van der Waals surface area contributed by atoms with Gasteiger partial charge in [-0.05, 0) is 47.7 Å². The predicted molar refractivity (Wildman–Crippen MR) is 121 cm³/mol. The summed E-state index contributed by atoms with van der Waals surface area (Å²) in [6, 6.07) is 14.2. The second-order valence-corrected chi connectivity index (χ2v) is 7.78. The molecular weight excluding hydrogens is 378 g/mol. The highest BCUT2D eigenvalue weighted by Crippen LogP contribution is 2.27. The lowest BCUT2D eigenvalue weighted by molar-refractivity contribution is -0.123. The molecule has 0 atom stereocenters. The van der Waals surface area contributed by atoms with Gasteiger partial charge in [0.15, 0.2) is 6.61 Å². The number of carbonyl (C=O) groups excluding carboxylic acids is 1. The Balaban J connectivity index is 1.49. The van der Waals surface area contributed by atoms with Gasteiger partial charge in [0.1, 0.15) is 5.75 Å². The van der Waals surface area contributed by atoms with E-state index in [4.69, 9.17) is 9.47 Å². The smallest absolute Gasteiger partial charge is 0.276 e. The molecule has 1 fully saturated rings. The molecule has 160 valence electrons. The van der Waals surface area contributed by atoms with Crippen LogP contribution < -0.4 is 20.5 Å². The zero-order chi connectivity index (χ0) is 21.5. The number of hydrogen-bond donors (Lipinski definition) is 2. The van der Waals surface area contributed by atoms with Crippen molar-refractivity contribution >= 4 is 17.3 Å². The van der Waals surface area contributed by atoms with E-state index in [0.29, 0.717) is 11.6 Å². The van der Waals surface area contributed by atoms with Crippen molar-refractivity contribution < 1.29 is 14.3 Å². The summed E-state index contributed by atoms with van der Waals surface area (Å²) >= 11 is 0. The first kappa shape index (κ1) is 21.7. The first-order chi connectivity index (χ1) is 14.4.